The maximum absolute atomic E-state index is 5.69. The molecule has 98 valence electrons. The lowest BCUT2D eigenvalue weighted by Gasteiger charge is -2.14. The van der Waals surface area contributed by atoms with Gasteiger partial charge in [0.25, 0.3) is 0 Å². The molecule has 1 heterocycles. The summed E-state index contributed by atoms with van der Waals surface area (Å²) >= 11 is 4.95. The Morgan fingerprint density at radius 3 is 2.79 bits per heavy atom. The molecule has 0 radical (unpaired) electrons. The minimum atomic E-state index is 0.230. The number of benzene rings is 1. The zero-order valence-corrected chi connectivity index (χ0v) is 11.5. The van der Waals surface area contributed by atoms with E-state index in [0.29, 0.717) is 17.2 Å². The molecule has 0 unspecified atom stereocenters. The van der Waals surface area contributed by atoms with E-state index < -0.39 is 0 Å². The number of thiocarbonyl (C=S) groups is 1. The Hall–Kier alpha value is -2.21. The van der Waals surface area contributed by atoms with Crippen molar-refractivity contribution < 1.29 is 4.74 Å². The number of ether oxygens (including phenoxy) is 1. The van der Waals surface area contributed by atoms with E-state index in [0.717, 1.165) is 5.69 Å². The number of hydrogen-bond acceptors (Lipinski definition) is 5. The smallest absolute Gasteiger partial charge is 0.249 e. The lowest BCUT2D eigenvalue weighted by molar-refractivity contribution is 0.454. The Bertz CT molecular complexity index is 601. The first kappa shape index (κ1) is 13.2. The van der Waals surface area contributed by atoms with Crippen LogP contribution in [0.2, 0.25) is 0 Å². The molecule has 0 aliphatic carbocycles. The highest BCUT2D eigenvalue weighted by Gasteiger charge is 2.09. The van der Waals surface area contributed by atoms with Crippen LogP contribution in [0.1, 0.15) is 5.56 Å². The second kappa shape index (κ2) is 5.62. The summed E-state index contributed by atoms with van der Waals surface area (Å²) in [5, 5.41) is 7.70. The minimum Gasteiger partial charge on any atom is -0.437 e. The first-order valence-electron chi connectivity index (χ1n) is 5.64. The van der Waals surface area contributed by atoms with Crippen molar-refractivity contribution in [1.29, 1.82) is 0 Å². The molecule has 0 aliphatic rings. The maximum Gasteiger partial charge on any atom is 0.249 e. The van der Waals surface area contributed by atoms with Gasteiger partial charge in [0, 0.05) is 25.8 Å². The topological polar surface area (TPSA) is 64.3 Å². The Morgan fingerprint density at radius 1 is 1.32 bits per heavy atom. The van der Waals surface area contributed by atoms with Crippen molar-refractivity contribution in [2.45, 2.75) is 0 Å². The number of nitrogens with two attached hydrogens (primary N) is 1. The van der Waals surface area contributed by atoms with Crippen molar-refractivity contribution in [1.82, 2.24) is 10.2 Å². The summed E-state index contributed by atoms with van der Waals surface area (Å²) in [4.78, 5) is 2.21. The average molecular weight is 274 g/mol. The molecular weight excluding hydrogens is 260 g/mol. The monoisotopic (exact) mass is 274 g/mol. The molecule has 0 aliphatic heterocycles. The molecule has 2 aromatic rings. The van der Waals surface area contributed by atoms with Gasteiger partial charge in [-0.3, -0.25) is 0 Å². The van der Waals surface area contributed by atoms with E-state index in [4.69, 9.17) is 22.7 Å². The molecule has 0 bridgehead atoms. The van der Waals surface area contributed by atoms with Gasteiger partial charge in [-0.15, -0.1) is 5.10 Å². The summed E-state index contributed by atoms with van der Waals surface area (Å²) in [6, 6.07) is 9.31. The van der Waals surface area contributed by atoms with E-state index in [2.05, 4.69) is 10.2 Å². The highest BCUT2D eigenvalue weighted by molar-refractivity contribution is 7.80. The Morgan fingerprint density at radius 2 is 2.11 bits per heavy atom. The normalized spacial score (nSPS) is 10.0. The predicted octanol–water partition coefficient (Wildman–Crippen LogP) is 1.97. The Labute approximate surface area is 117 Å². The van der Waals surface area contributed by atoms with E-state index in [1.807, 2.05) is 43.3 Å². The van der Waals surface area contributed by atoms with E-state index in [-0.39, 0.29) is 4.99 Å². The number of nitrogens with zero attached hydrogens (tertiary/aromatic N) is 3. The van der Waals surface area contributed by atoms with E-state index in [1.165, 1.54) is 6.20 Å². The quantitative estimate of drug-likeness (QED) is 0.860. The van der Waals surface area contributed by atoms with Gasteiger partial charge in [0.2, 0.25) is 5.88 Å². The van der Waals surface area contributed by atoms with Crippen LogP contribution in [0.15, 0.2) is 36.5 Å². The third kappa shape index (κ3) is 3.17. The predicted molar refractivity (Wildman–Crippen MR) is 78.8 cm³/mol. The van der Waals surface area contributed by atoms with Crippen molar-refractivity contribution in [2.24, 2.45) is 5.73 Å². The SMILES string of the molecule is CN(C)c1cccc(Oc2nnccc2C(N)=S)c1. The van der Waals surface area contributed by atoms with E-state index >= 15 is 0 Å². The second-order valence-electron chi connectivity index (χ2n) is 4.11. The minimum absolute atomic E-state index is 0.230. The van der Waals surface area contributed by atoms with Gasteiger partial charge in [-0.25, -0.2) is 0 Å². The molecule has 2 N–H and O–H groups in total. The Balaban J connectivity index is 2.31. The van der Waals surface area contributed by atoms with Gasteiger partial charge in [-0.2, -0.15) is 5.10 Å². The highest BCUT2D eigenvalue weighted by Crippen LogP contribution is 2.25. The van der Waals surface area contributed by atoms with Crippen molar-refractivity contribution in [3.63, 3.8) is 0 Å². The number of anilines is 1. The molecule has 19 heavy (non-hydrogen) atoms. The van der Waals surface area contributed by atoms with Crippen LogP contribution in [0.25, 0.3) is 0 Å². The summed E-state index contributed by atoms with van der Waals surface area (Å²) in [7, 11) is 3.92. The molecule has 6 heteroatoms. The first-order valence-corrected chi connectivity index (χ1v) is 6.05. The number of aromatic nitrogens is 2. The van der Waals surface area contributed by atoms with Gasteiger partial charge in [0.05, 0.1) is 11.8 Å². The second-order valence-corrected chi connectivity index (χ2v) is 4.55. The molecule has 0 atom stereocenters. The molecule has 0 saturated heterocycles. The standard InChI is InChI=1S/C13H14N4OS/c1-17(2)9-4-3-5-10(8-9)18-13-11(12(14)19)6-7-15-16-13/h3-8H,1-2H3,(H2,14,19). The summed E-state index contributed by atoms with van der Waals surface area (Å²) in [6.45, 7) is 0. The Kier molecular flexibility index (Phi) is 3.91. The fourth-order valence-electron chi connectivity index (χ4n) is 1.52. The zero-order valence-electron chi connectivity index (χ0n) is 10.7. The van der Waals surface area contributed by atoms with Crippen LogP contribution in [-0.4, -0.2) is 29.3 Å². The molecular formula is C13H14N4OS. The van der Waals surface area contributed by atoms with E-state index in [9.17, 15) is 0 Å². The molecule has 0 spiro atoms. The summed E-state index contributed by atoms with van der Waals surface area (Å²) < 4.78 is 5.69. The molecule has 2 rings (SSSR count). The van der Waals surface area contributed by atoms with Gasteiger partial charge in [-0.1, -0.05) is 18.3 Å². The van der Waals surface area contributed by atoms with Gasteiger partial charge >= 0.3 is 0 Å². The third-order valence-corrected chi connectivity index (χ3v) is 2.72. The van der Waals surface area contributed by atoms with Crippen LogP contribution < -0.4 is 15.4 Å². The largest absolute Gasteiger partial charge is 0.437 e. The lowest BCUT2D eigenvalue weighted by atomic mass is 10.2. The fourth-order valence-corrected chi connectivity index (χ4v) is 1.67. The van der Waals surface area contributed by atoms with Crippen LogP contribution in [0.4, 0.5) is 5.69 Å². The van der Waals surface area contributed by atoms with Gasteiger partial charge < -0.3 is 15.4 Å². The van der Waals surface area contributed by atoms with Gasteiger partial charge in [-0.05, 0) is 18.2 Å². The summed E-state index contributed by atoms with van der Waals surface area (Å²) in [5.41, 5.74) is 7.22. The maximum atomic E-state index is 5.69. The summed E-state index contributed by atoms with van der Waals surface area (Å²) in [6.07, 6.45) is 1.53. The van der Waals surface area contributed by atoms with Crippen molar-refractivity contribution in [3.05, 3.63) is 42.1 Å². The van der Waals surface area contributed by atoms with Gasteiger partial charge in [0.1, 0.15) is 10.7 Å². The van der Waals surface area contributed by atoms with Crippen LogP contribution >= 0.6 is 12.2 Å². The number of rotatable bonds is 4. The molecule has 5 nitrogen and oxygen atoms in total. The highest BCUT2D eigenvalue weighted by atomic mass is 32.1. The lowest BCUT2D eigenvalue weighted by Crippen LogP contribution is -2.12. The first-order chi connectivity index (χ1) is 9.08. The van der Waals surface area contributed by atoms with Crippen LogP contribution in [0.3, 0.4) is 0 Å². The molecule has 1 aromatic carbocycles. The van der Waals surface area contributed by atoms with Crippen molar-refractivity contribution >= 4 is 22.9 Å². The van der Waals surface area contributed by atoms with Crippen LogP contribution in [0, 0.1) is 0 Å². The molecule has 1 aromatic heterocycles. The van der Waals surface area contributed by atoms with Crippen LogP contribution in [0.5, 0.6) is 11.6 Å². The van der Waals surface area contributed by atoms with Crippen molar-refractivity contribution in [2.75, 3.05) is 19.0 Å². The molecule has 0 amide bonds. The van der Waals surface area contributed by atoms with Gasteiger partial charge in [0.15, 0.2) is 0 Å². The third-order valence-electron chi connectivity index (χ3n) is 2.50. The fraction of sp³-hybridized carbons (Fsp3) is 0.154. The van der Waals surface area contributed by atoms with Crippen molar-refractivity contribution in [3.8, 4) is 11.6 Å². The molecule has 0 fully saturated rings. The van der Waals surface area contributed by atoms with E-state index in [1.54, 1.807) is 6.07 Å². The number of hydrogen-bond donors (Lipinski definition) is 1. The average Bonchev–Trinajstić information content (AvgIpc) is 2.39. The van der Waals surface area contributed by atoms with Crippen LogP contribution in [-0.2, 0) is 0 Å². The summed E-state index contributed by atoms with van der Waals surface area (Å²) in [5.74, 6) is 0.968. The molecule has 0 saturated carbocycles. The zero-order chi connectivity index (χ0) is 13.8.